The third-order valence-electron chi connectivity index (χ3n) is 4.31. The highest BCUT2D eigenvalue weighted by Gasteiger charge is 2.37. The van der Waals surface area contributed by atoms with Crippen molar-refractivity contribution >= 4 is 11.8 Å². The molecule has 1 aliphatic rings. The fourth-order valence-electron chi connectivity index (χ4n) is 3.02. The Morgan fingerprint density at radius 3 is 2.52 bits per heavy atom. The number of hydrogen-bond donors (Lipinski definition) is 1. The maximum Gasteiger partial charge on any atom is 0.245 e. The van der Waals surface area contributed by atoms with E-state index in [1.807, 2.05) is 30.3 Å². The first-order valence-corrected chi connectivity index (χ1v) is 8.25. The van der Waals surface area contributed by atoms with Gasteiger partial charge in [-0.3, -0.25) is 9.59 Å². The van der Waals surface area contributed by atoms with E-state index in [0.29, 0.717) is 31.8 Å². The molecule has 0 bridgehead atoms. The van der Waals surface area contributed by atoms with Crippen LogP contribution in [0, 0.1) is 5.92 Å². The lowest BCUT2D eigenvalue weighted by Gasteiger charge is -2.41. The number of carbonyl (C=O) groups is 2. The van der Waals surface area contributed by atoms with Gasteiger partial charge in [0, 0.05) is 20.1 Å². The molecule has 5 heteroatoms. The highest BCUT2D eigenvalue weighted by Crippen LogP contribution is 2.19. The standard InChI is InChI=1S/C18H27N3O2/c1-13(2)11-16-18(23)20(3)9-10-21(16)17(22)15(19)12-14-7-5-4-6-8-14/h4-8,13,15-16H,9-12,19H2,1-3H3/t15-,16+/m0/s1. The Morgan fingerprint density at radius 2 is 1.91 bits per heavy atom. The number of nitrogens with two attached hydrogens (primary N) is 1. The Balaban J connectivity index is 2.10. The van der Waals surface area contributed by atoms with Gasteiger partial charge in [0.05, 0.1) is 6.04 Å². The first kappa shape index (κ1) is 17.5. The van der Waals surface area contributed by atoms with Gasteiger partial charge in [-0.05, 0) is 24.3 Å². The second-order valence-corrected chi connectivity index (χ2v) is 6.73. The number of rotatable bonds is 5. The van der Waals surface area contributed by atoms with Gasteiger partial charge in [0.1, 0.15) is 6.04 Å². The number of piperazine rings is 1. The van der Waals surface area contributed by atoms with Crippen LogP contribution >= 0.6 is 0 Å². The van der Waals surface area contributed by atoms with Crippen LogP contribution in [0.3, 0.4) is 0 Å². The van der Waals surface area contributed by atoms with Crippen molar-refractivity contribution in [2.45, 2.75) is 38.8 Å². The molecule has 1 heterocycles. The van der Waals surface area contributed by atoms with E-state index in [9.17, 15) is 9.59 Å². The fourth-order valence-corrected chi connectivity index (χ4v) is 3.02. The average molecular weight is 317 g/mol. The first-order valence-electron chi connectivity index (χ1n) is 8.25. The van der Waals surface area contributed by atoms with Gasteiger partial charge in [-0.25, -0.2) is 0 Å². The van der Waals surface area contributed by atoms with E-state index in [2.05, 4.69) is 13.8 Å². The lowest BCUT2D eigenvalue weighted by Crippen LogP contribution is -2.61. The summed E-state index contributed by atoms with van der Waals surface area (Å²) in [5.41, 5.74) is 7.17. The first-order chi connectivity index (χ1) is 10.9. The van der Waals surface area contributed by atoms with Crippen LogP contribution in [0.4, 0.5) is 0 Å². The number of likely N-dealkylation sites (N-methyl/N-ethyl adjacent to an activating group) is 1. The summed E-state index contributed by atoms with van der Waals surface area (Å²) in [6.45, 7) is 5.25. The molecule has 5 nitrogen and oxygen atoms in total. The number of carbonyl (C=O) groups excluding carboxylic acids is 2. The monoisotopic (exact) mass is 317 g/mol. The average Bonchev–Trinajstić information content (AvgIpc) is 2.52. The zero-order valence-electron chi connectivity index (χ0n) is 14.2. The number of nitrogens with zero attached hydrogens (tertiary/aromatic N) is 2. The summed E-state index contributed by atoms with van der Waals surface area (Å²) in [7, 11) is 1.79. The van der Waals surface area contributed by atoms with Crippen molar-refractivity contribution in [2.24, 2.45) is 11.7 Å². The topological polar surface area (TPSA) is 66.6 Å². The number of amides is 2. The molecule has 23 heavy (non-hydrogen) atoms. The van der Waals surface area contributed by atoms with Gasteiger partial charge in [0.15, 0.2) is 0 Å². The molecule has 2 amide bonds. The summed E-state index contributed by atoms with van der Waals surface area (Å²) in [5, 5.41) is 0. The van der Waals surface area contributed by atoms with E-state index in [1.54, 1.807) is 16.8 Å². The quantitative estimate of drug-likeness (QED) is 0.889. The molecule has 0 radical (unpaired) electrons. The van der Waals surface area contributed by atoms with Gasteiger partial charge in [-0.1, -0.05) is 44.2 Å². The van der Waals surface area contributed by atoms with Crippen LogP contribution in [0.5, 0.6) is 0 Å². The molecule has 0 aromatic heterocycles. The Morgan fingerprint density at radius 1 is 1.26 bits per heavy atom. The summed E-state index contributed by atoms with van der Waals surface area (Å²) < 4.78 is 0. The zero-order valence-corrected chi connectivity index (χ0v) is 14.2. The van der Waals surface area contributed by atoms with Crippen LogP contribution in [-0.2, 0) is 16.0 Å². The number of hydrogen-bond acceptors (Lipinski definition) is 3. The second kappa shape index (κ2) is 7.59. The molecular weight excluding hydrogens is 290 g/mol. The molecule has 1 aromatic carbocycles. The van der Waals surface area contributed by atoms with E-state index in [4.69, 9.17) is 5.73 Å². The Hall–Kier alpha value is -1.88. The van der Waals surface area contributed by atoms with Gasteiger partial charge in [-0.2, -0.15) is 0 Å². The van der Waals surface area contributed by atoms with Crippen molar-refractivity contribution in [1.82, 2.24) is 9.80 Å². The highest BCUT2D eigenvalue weighted by molar-refractivity contribution is 5.90. The predicted molar refractivity (Wildman–Crippen MR) is 90.7 cm³/mol. The molecule has 0 spiro atoms. The van der Waals surface area contributed by atoms with Crippen molar-refractivity contribution in [3.8, 4) is 0 Å². The van der Waals surface area contributed by atoms with Gasteiger partial charge >= 0.3 is 0 Å². The SMILES string of the molecule is CC(C)C[C@@H]1C(=O)N(C)CCN1C(=O)[C@@H](N)Cc1ccccc1. The molecule has 1 fully saturated rings. The van der Waals surface area contributed by atoms with Gasteiger partial charge in [-0.15, -0.1) is 0 Å². The summed E-state index contributed by atoms with van der Waals surface area (Å²) in [5.74, 6) is 0.238. The summed E-state index contributed by atoms with van der Waals surface area (Å²) >= 11 is 0. The zero-order chi connectivity index (χ0) is 17.0. The summed E-state index contributed by atoms with van der Waals surface area (Å²) in [6.07, 6.45) is 1.17. The van der Waals surface area contributed by atoms with Crippen LogP contribution in [0.1, 0.15) is 25.8 Å². The summed E-state index contributed by atoms with van der Waals surface area (Å²) in [6, 6.07) is 8.75. The largest absolute Gasteiger partial charge is 0.342 e. The van der Waals surface area contributed by atoms with E-state index < -0.39 is 6.04 Å². The van der Waals surface area contributed by atoms with E-state index in [1.165, 1.54) is 0 Å². The van der Waals surface area contributed by atoms with Crippen LogP contribution < -0.4 is 5.73 Å². The molecule has 126 valence electrons. The van der Waals surface area contributed by atoms with Crippen molar-refractivity contribution in [3.05, 3.63) is 35.9 Å². The Labute approximate surface area is 138 Å². The molecule has 2 rings (SSSR count). The molecular formula is C18H27N3O2. The minimum atomic E-state index is -0.608. The van der Waals surface area contributed by atoms with Gasteiger partial charge in [0.2, 0.25) is 11.8 Å². The van der Waals surface area contributed by atoms with Crippen molar-refractivity contribution < 1.29 is 9.59 Å². The number of benzene rings is 1. The van der Waals surface area contributed by atoms with E-state index >= 15 is 0 Å². The Bertz CT molecular complexity index is 544. The molecule has 0 saturated carbocycles. The lowest BCUT2D eigenvalue weighted by atomic mass is 9.97. The maximum atomic E-state index is 12.8. The third-order valence-corrected chi connectivity index (χ3v) is 4.31. The Kier molecular flexibility index (Phi) is 5.77. The van der Waals surface area contributed by atoms with Gasteiger partial charge < -0.3 is 15.5 Å². The van der Waals surface area contributed by atoms with E-state index in [0.717, 1.165) is 5.56 Å². The van der Waals surface area contributed by atoms with Crippen LogP contribution in [0.25, 0.3) is 0 Å². The predicted octanol–water partition coefficient (Wildman–Crippen LogP) is 1.27. The van der Waals surface area contributed by atoms with Crippen molar-refractivity contribution in [2.75, 3.05) is 20.1 Å². The molecule has 0 unspecified atom stereocenters. The molecule has 1 aliphatic heterocycles. The molecule has 1 aromatic rings. The molecule has 2 N–H and O–H groups in total. The fraction of sp³-hybridized carbons (Fsp3) is 0.556. The van der Waals surface area contributed by atoms with Crippen molar-refractivity contribution in [1.29, 1.82) is 0 Å². The minimum absolute atomic E-state index is 0.0187. The maximum absolute atomic E-state index is 12.8. The summed E-state index contributed by atoms with van der Waals surface area (Å²) in [4.78, 5) is 28.6. The minimum Gasteiger partial charge on any atom is -0.342 e. The highest BCUT2D eigenvalue weighted by atomic mass is 16.2. The van der Waals surface area contributed by atoms with Crippen LogP contribution in [0.2, 0.25) is 0 Å². The van der Waals surface area contributed by atoms with Crippen LogP contribution in [-0.4, -0.2) is 53.8 Å². The smallest absolute Gasteiger partial charge is 0.245 e. The van der Waals surface area contributed by atoms with E-state index in [-0.39, 0.29) is 17.9 Å². The van der Waals surface area contributed by atoms with Gasteiger partial charge in [0.25, 0.3) is 0 Å². The molecule has 0 aliphatic carbocycles. The molecule has 2 atom stereocenters. The molecule has 1 saturated heterocycles. The van der Waals surface area contributed by atoms with Crippen LogP contribution in [0.15, 0.2) is 30.3 Å². The lowest BCUT2D eigenvalue weighted by molar-refractivity contribution is -0.151. The third kappa shape index (κ3) is 4.32. The van der Waals surface area contributed by atoms with Crippen molar-refractivity contribution in [3.63, 3.8) is 0 Å². The second-order valence-electron chi connectivity index (χ2n) is 6.73. The normalized spacial score (nSPS) is 20.0.